The first-order chi connectivity index (χ1) is 25.6. The summed E-state index contributed by atoms with van der Waals surface area (Å²) in [6.45, 7) is 0. The molecular weight excluding hydrogens is 647 g/mol. The monoisotopic (exact) mass is 681 g/mol. The van der Waals surface area contributed by atoms with E-state index in [-0.39, 0.29) is 5.84 Å². The number of fused-ring (bicyclic) bond motifs is 10. The number of aromatic amines is 2. The molecule has 0 saturated carbocycles. The van der Waals surface area contributed by atoms with Gasteiger partial charge in [0.15, 0.2) is 5.84 Å². The molecular formula is C42H35N9O. The predicted molar refractivity (Wildman–Crippen MR) is 204 cm³/mol. The fourth-order valence-electron chi connectivity index (χ4n) is 8.13. The number of aryl methyl sites for hydroxylation is 2. The molecule has 8 aromatic rings. The zero-order valence-electron chi connectivity index (χ0n) is 28.4. The number of rotatable bonds is 3. The van der Waals surface area contributed by atoms with E-state index in [9.17, 15) is 0 Å². The number of H-pyrrole nitrogens is 2. The normalized spacial score (nSPS) is 14.2. The lowest BCUT2D eigenvalue weighted by atomic mass is 9.85. The Morgan fingerprint density at radius 2 is 1.10 bits per heavy atom. The number of nitrogens with zero attached hydrogens (tertiary/aromatic N) is 6. The summed E-state index contributed by atoms with van der Waals surface area (Å²) < 4.78 is 0. The lowest BCUT2D eigenvalue weighted by Crippen LogP contribution is -2.12. The van der Waals surface area contributed by atoms with Crippen molar-refractivity contribution < 1.29 is 5.21 Å². The molecule has 0 spiro atoms. The van der Waals surface area contributed by atoms with Crippen LogP contribution in [0.25, 0.3) is 66.1 Å². The number of amidine groups is 1. The number of aromatic nitrogens is 6. The molecule has 0 aliphatic heterocycles. The van der Waals surface area contributed by atoms with Crippen LogP contribution in [0.3, 0.4) is 0 Å². The molecule has 0 amide bonds. The van der Waals surface area contributed by atoms with E-state index in [0.717, 1.165) is 81.0 Å². The van der Waals surface area contributed by atoms with Crippen LogP contribution in [0.2, 0.25) is 0 Å². The molecule has 5 N–H and O–H groups in total. The summed E-state index contributed by atoms with van der Waals surface area (Å²) in [6.07, 6.45) is 12.8. The van der Waals surface area contributed by atoms with Crippen LogP contribution in [-0.4, -0.2) is 41.4 Å². The van der Waals surface area contributed by atoms with E-state index in [0.29, 0.717) is 11.1 Å². The van der Waals surface area contributed by atoms with E-state index in [1.165, 1.54) is 58.7 Å². The topological polar surface area (TPSA) is 166 Å². The molecule has 4 heterocycles. The first-order valence-corrected chi connectivity index (χ1v) is 17.7. The van der Waals surface area contributed by atoms with Gasteiger partial charge in [0.2, 0.25) is 0 Å². The van der Waals surface area contributed by atoms with Crippen LogP contribution in [0.4, 0.5) is 0 Å². The van der Waals surface area contributed by atoms with Gasteiger partial charge in [0.25, 0.3) is 0 Å². The Morgan fingerprint density at radius 3 is 1.56 bits per heavy atom. The summed E-state index contributed by atoms with van der Waals surface area (Å²) in [5, 5.41) is 40.3. The van der Waals surface area contributed by atoms with Gasteiger partial charge >= 0.3 is 0 Å². The number of oxime groups is 1. The van der Waals surface area contributed by atoms with Crippen LogP contribution in [0.5, 0.6) is 0 Å². The summed E-state index contributed by atoms with van der Waals surface area (Å²) in [5.41, 5.74) is 20.9. The molecule has 52 heavy (non-hydrogen) atoms. The van der Waals surface area contributed by atoms with Crippen LogP contribution < -0.4 is 5.73 Å². The highest BCUT2D eigenvalue weighted by Crippen LogP contribution is 2.39. The summed E-state index contributed by atoms with van der Waals surface area (Å²) in [7, 11) is 0. The van der Waals surface area contributed by atoms with Gasteiger partial charge in [-0.1, -0.05) is 41.6 Å². The lowest BCUT2D eigenvalue weighted by Gasteiger charge is -2.22. The number of nitrogens with two attached hydrogens (primary N) is 1. The third-order valence-electron chi connectivity index (χ3n) is 10.6. The Hall–Kier alpha value is -6.60. The second-order valence-corrected chi connectivity index (χ2v) is 13.6. The molecule has 0 bridgehead atoms. The predicted octanol–water partition coefficient (Wildman–Crippen LogP) is 8.28. The van der Waals surface area contributed by atoms with Crippen molar-refractivity contribution in [2.24, 2.45) is 10.9 Å². The van der Waals surface area contributed by atoms with E-state index < -0.39 is 0 Å². The van der Waals surface area contributed by atoms with E-state index >= 15 is 0 Å². The fraction of sp³-hybridized carbons (Fsp3) is 0.190. The fourth-order valence-corrected chi connectivity index (χ4v) is 8.13. The minimum Gasteiger partial charge on any atom is -0.409 e. The van der Waals surface area contributed by atoms with E-state index in [2.05, 4.69) is 49.8 Å². The van der Waals surface area contributed by atoms with Crippen LogP contribution in [0.15, 0.2) is 90.3 Å². The molecule has 4 aromatic carbocycles. The van der Waals surface area contributed by atoms with Crippen LogP contribution in [0.1, 0.15) is 59.1 Å². The van der Waals surface area contributed by atoms with Crippen molar-refractivity contribution in [1.29, 1.82) is 5.26 Å². The molecule has 4 aromatic heterocycles. The molecule has 0 fully saturated rings. The summed E-state index contributed by atoms with van der Waals surface area (Å²) in [6, 6.07) is 25.9. The number of pyridine rings is 2. The molecule has 10 nitrogen and oxygen atoms in total. The Kier molecular flexibility index (Phi) is 7.81. The van der Waals surface area contributed by atoms with Crippen molar-refractivity contribution >= 4 is 49.4 Å². The van der Waals surface area contributed by atoms with Gasteiger partial charge in [-0.3, -0.25) is 10.2 Å². The van der Waals surface area contributed by atoms with Gasteiger partial charge in [0, 0.05) is 38.2 Å². The Balaban J connectivity index is 0.000000139. The van der Waals surface area contributed by atoms with Gasteiger partial charge in [-0.25, -0.2) is 9.97 Å². The molecule has 0 unspecified atom stereocenters. The van der Waals surface area contributed by atoms with Crippen molar-refractivity contribution in [1.82, 2.24) is 30.4 Å². The minimum atomic E-state index is 0.109. The molecule has 0 atom stereocenters. The molecule has 10 heteroatoms. The smallest absolute Gasteiger partial charge is 0.170 e. The number of nitrogens with one attached hydrogen (secondary N) is 2. The first-order valence-electron chi connectivity index (χ1n) is 17.7. The third kappa shape index (κ3) is 5.29. The van der Waals surface area contributed by atoms with Crippen molar-refractivity contribution in [2.45, 2.75) is 51.4 Å². The maximum atomic E-state index is 9.04. The van der Waals surface area contributed by atoms with Gasteiger partial charge in [0.05, 0.1) is 57.5 Å². The molecule has 2 aliphatic rings. The van der Waals surface area contributed by atoms with E-state index in [1.54, 1.807) is 0 Å². The second-order valence-electron chi connectivity index (χ2n) is 13.6. The van der Waals surface area contributed by atoms with Crippen LogP contribution >= 0.6 is 0 Å². The zero-order chi connectivity index (χ0) is 35.2. The third-order valence-corrected chi connectivity index (χ3v) is 10.6. The average Bonchev–Trinajstić information content (AvgIpc) is 3.90. The van der Waals surface area contributed by atoms with Crippen LogP contribution in [-0.2, 0) is 25.7 Å². The Morgan fingerprint density at radius 1 is 0.635 bits per heavy atom. The highest BCUT2D eigenvalue weighted by Gasteiger charge is 2.23. The number of benzene rings is 4. The molecule has 0 saturated heterocycles. The summed E-state index contributed by atoms with van der Waals surface area (Å²) >= 11 is 0. The first kappa shape index (κ1) is 31.4. The van der Waals surface area contributed by atoms with Crippen molar-refractivity contribution in [3.8, 4) is 28.6 Å². The minimum absolute atomic E-state index is 0.109. The average molecular weight is 682 g/mol. The molecule has 0 radical (unpaired) electrons. The number of hydrogen-bond donors (Lipinski definition) is 4. The van der Waals surface area contributed by atoms with E-state index in [1.807, 2.05) is 67.0 Å². The standard InChI is InChI=1S/C21H19N5O.C21H16N4/c22-21(26-27)13-7-5-12(6-8-13)20-15-4-2-1-3-14(15)19-16-11-23-25-17(16)9-10-18(19)24-20;22-11-13-5-7-14(8-6-13)21-16-4-2-1-3-15(16)20-17-12-23-25-18(17)9-10-19(20)24-21/h5-11,27H,1-4H2,(H2,22,26)(H,23,25);5-10,12H,1-4H2,(H,23,25). The summed E-state index contributed by atoms with van der Waals surface area (Å²) in [5.74, 6) is 0.109. The highest BCUT2D eigenvalue weighted by molar-refractivity contribution is 6.09. The SMILES string of the molecule is N#Cc1ccc(-c2nc3ccc4[nH]ncc4c3c3c2CCCC3)cc1.NC(=NO)c1ccc(-c2nc3ccc4[nH]ncc4c3c3c2CCCC3)cc1. The lowest BCUT2D eigenvalue weighted by molar-refractivity contribution is 0.318. The zero-order valence-corrected chi connectivity index (χ0v) is 28.4. The van der Waals surface area contributed by atoms with Crippen molar-refractivity contribution in [3.05, 3.63) is 119 Å². The largest absolute Gasteiger partial charge is 0.409 e. The maximum absolute atomic E-state index is 9.04. The molecule has 2 aliphatic carbocycles. The Bertz CT molecular complexity index is 2720. The Labute approximate surface area is 299 Å². The van der Waals surface area contributed by atoms with Gasteiger partial charge < -0.3 is 10.9 Å². The van der Waals surface area contributed by atoms with Gasteiger partial charge in [-0.15, -0.1) is 0 Å². The van der Waals surface area contributed by atoms with Gasteiger partial charge in [-0.05, 0) is 110 Å². The number of hydrogen-bond acceptors (Lipinski definition) is 7. The second kappa shape index (κ2) is 12.9. The maximum Gasteiger partial charge on any atom is 0.170 e. The van der Waals surface area contributed by atoms with E-state index in [4.69, 9.17) is 26.2 Å². The highest BCUT2D eigenvalue weighted by atomic mass is 16.4. The molecule has 10 rings (SSSR count). The summed E-state index contributed by atoms with van der Waals surface area (Å²) in [4.78, 5) is 10.1. The van der Waals surface area contributed by atoms with Crippen molar-refractivity contribution in [3.63, 3.8) is 0 Å². The van der Waals surface area contributed by atoms with Gasteiger partial charge in [-0.2, -0.15) is 15.5 Å². The van der Waals surface area contributed by atoms with Crippen molar-refractivity contribution in [2.75, 3.05) is 0 Å². The van der Waals surface area contributed by atoms with Gasteiger partial charge in [0.1, 0.15) is 0 Å². The number of nitriles is 1. The quantitative estimate of drug-likeness (QED) is 0.0630. The molecule has 254 valence electrons. The van der Waals surface area contributed by atoms with Crippen LogP contribution in [0, 0.1) is 11.3 Å².